The molecule has 2 saturated heterocycles. The van der Waals surface area contributed by atoms with Gasteiger partial charge >= 0.3 is 0 Å². The van der Waals surface area contributed by atoms with E-state index in [4.69, 9.17) is 16.3 Å². The van der Waals surface area contributed by atoms with Crippen molar-refractivity contribution in [3.63, 3.8) is 0 Å². The van der Waals surface area contributed by atoms with Crippen molar-refractivity contribution < 1.29 is 22.7 Å². The number of rotatable bonds is 7. The number of likely N-dealkylation sites (tertiary alicyclic amines) is 1. The number of ether oxygens (including phenoxy) is 1. The fourth-order valence-electron chi connectivity index (χ4n) is 4.66. The quantitative estimate of drug-likeness (QED) is 0.569. The number of carbonyl (C=O) groups excluding carboxylic acids is 2. The summed E-state index contributed by atoms with van der Waals surface area (Å²) in [4.78, 5) is 27.8. The van der Waals surface area contributed by atoms with Crippen LogP contribution >= 0.6 is 11.6 Å². The molecule has 36 heavy (non-hydrogen) atoms. The van der Waals surface area contributed by atoms with Gasteiger partial charge in [0.2, 0.25) is 15.9 Å². The van der Waals surface area contributed by atoms with Gasteiger partial charge in [-0.05, 0) is 75.1 Å². The molecule has 0 radical (unpaired) electrons. The van der Waals surface area contributed by atoms with Crippen molar-refractivity contribution in [2.75, 3.05) is 38.1 Å². The molecule has 4 rings (SSSR count). The molecular formula is C26H32ClN3O5S. The Hall–Kier alpha value is -2.62. The molecule has 0 saturated carbocycles. The van der Waals surface area contributed by atoms with Crippen molar-refractivity contribution in [3.8, 4) is 5.75 Å². The van der Waals surface area contributed by atoms with Crippen LogP contribution in [0.15, 0.2) is 47.4 Å². The number of carbonyl (C=O) groups is 2. The lowest BCUT2D eigenvalue weighted by Crippen LogP contribution is -2.41. The molecule has 0 aromatic heterocycles. The van der Waals surface area contributed by atoms with Gasteiger partial charge in [-0.1, -0.05) is 18.0 Å². The average Bonchev–Trinajstić information content (AvgIpc) is 2.90. The molecule has 2 fully saturated rings. The molecule has 0 unspecified atom stereocenters. The molecule has 2 aromatic carbocycles. The lowest BCUT2D eigenvalue weighted by molar-refractivity contribution is -0.121. The van der Waals surface area contributed by atoms with E-state index in [0.29, 0.717) is 67.7 Å². The standard InChI is InChI=1S/C26H32ClN3O5S/c1-2-35-24-11-10-22(36(33,34)30-14-4-3-5-15-30)18-23(24)28-25(31)19-12-16-29(17-13-19)26(32)20-6-8-21(27)9-7-20/h6-11,18-19H,2-5,12-17H2,1H3,(H,28,31). The summed E-state index contributed by atoms with van der Waals surface area (Å²) in [6, 6.07) is 11.4. The number of nitrogens with one attached hydrogen (secondary N) is 1. The fourth-order valence-corrected chi connectivity index (χ4v) is 6.33. The van der Waals surface area contributed by atoms with E-state index in [0.717, 1.165) is 19.3 Å². The van der Waals surface area contributed by atoms with Gasteiger partial charge in [0, 0.05) is 42.7 Å². The van der Waals surface area contributed by atoms with E-state index in [1.54, 1.807) is 35.2 Å². The molecule has 0 aliphatic carbocycles. The third-order valence-corrected chi connectivity index (χ3v) is 8.85. The number of hydrogen-bond donors (Lipinski definition) is 1. The third-order valence-electron chi connectivity index (χ3n) is 6.71. The van der Waals surface area contributed by atoms with E-state index in [2.05, 4.69) is 5.32 Å². The summed E-state index contributed by atoms with van der Waals surface area (Å²) in [5.41, 5.74) is 0.912. The maximum Gasteiger partial charge on any atom is 0.253 e. The number of nitrogens with zero attached hydrogens (tertiary/aromatic N) is 2. The fraction of sp³-hybridized carbons (Fsp3) is 0.462. The predicted octanol–water partition coefficient (Wildman–Crippen LogP) is 4.40. The number of sulfonamides is 1. The molecule has 8 nitrogen and oxygen atoms in total. The zero-order chi connectivity index (χ0) is 25.7. The van der Waals surface area contributed by atoms with Crippen LogP contribution in [0.1, 0.15) is 49.4 Å². The zero-order valence-corrected chi connectivity index (χ0v) is 22.0. The molecule has 0 atom stereocenters. The van der Waals surface area contributed by atoms with Gasteiger partial charge in [0.15, 0.2) is 0 Å². The minimum Gasteiger partial charge on any atom is -0.492 e. The first-order chi connectivity index (χ1) is 17.3. The molecule has 2 heterocycles. The first-order valence-corrected chi connectivity index (χ1v) is 14.2. The van der Waals surface area contributed by atoms with Gasteiger partial charge in [-0.3, -0.25) is 9.59 Å². The maximum atomic E-state index is 13.2. The normalized spacial score (nSPS) is 17.6. The van der Waals surface area contributed by atoms with Gasteiger partial charge in [0.25, 0.3) is 5.91 Å². The second kappa shape index (κ2) is 11.6. The van der Waals surface area contributed by atoms with Gasteiger partial charge in [-0.15, -0.1) is 0 Å². The second-order valence-corrected chi connectivity index (χ2v) is 11.5. The Labute approximate surface area is 217 Å². The summed E-state index contributed by atoms with van der Waals surface area (Å²) in [5, 5.41) is 3.47. The molecular weight excluding hydrogens is 502 g/mol. The molecule has 2 aliphatic rings. The molecule has 194 valence electrons. The van der Waals surface area contributed by atoms with Crippen LogP contribution in [0, 0.1) is 5.92 Å². The van der Waals surface area contributed by atoms with Gasteiger partial charge < -0.3 is 15.0 Å². The van der Waals surface area contributed by atoms with E-state index in [1.807, 2.05) is 6.92 Å². The molecule has 0 bridgehead atoms. The zero-order valence-electron chi connectivity index (χ0n) is 20.4. The predicted molar refractivity (Wildman–Crippen MR) is 139 cm³/mol. The summed E-state index contributed by atoms with van der Waals surface area (Å²) in [5.74, 6) is -0.156. The van der Waals surface area contributed by atoms with Crippen molar-refractivity contribution in [1.82, 2.24) is 9.21 Å². The average molecular weight is 534 g/mol. The molecule has 10 heteroatoms. The highest BCUT2D eigenvalue weighted by Gasteiger charge is 2.30. The maximum absolute atomic E-state index is 13.2. The highest BCUT2D eigenvalue weighted by atomic mass is 35.5. The summed E-state index contributed by atoms with van der Waals surface area (Å²) in [7, 11) is -3.65. The monoisotopic (exact) mass is 533 g/mol. The molecule has 0 spiro atoms. The smallest absolute Gasteiger partial charge is 0.253 e. The van der Waals surface area contributed by atoms with Gasteiger partial charge in [0.05, 0.1) is 17.2 Å². The van der Waals surface area contributed by atoms with Crippen LogP contribution in [0.3, 0.4) is 0 Å². The summed E-state index contributed by atoms with van der Waals surface area (Å²) in [6.07, 6.45) is 3.75. The summed E-state index contributed by atoms with van der Waals surface area (Å²) < 4.78 is 33.5. The van der Waals surface area contributed by atoms with E-state index in [1.165, 1.54) is 16.4 Å². The molecule has 2 amide bonds. The van der Waals surface area contributed by atoms with Crippen LogP contribution in [0.25, 0.3) is 0 Å². The molecule has 2 aromatic rings. The van der Waals surface area contributed by atoms with Crippen molar-refractivity contribution in [2.24, 2.45) is 5.92 Å². The SMILES string of the molecule is CCOc1ccc(S(=O)(=O)N2CCCCC2)cc1NC(=O)C1CCN(C(=O)c2ccc(Cl)cc2)CC1. The topological polar surface area (TPSA) is 96.0 Å². The number of amides is 2. The van der Waals surface area contributed by atoms with Gasteiger partial charge in [0.1, 0.15) is 5.75 Å². The number of hydrogen-bond acceptors (Lipinski definition) is 5. The van der Waals surface area contributed by atoms with Crippen LogP contribution < -0.4 is 10.1 Å². The Bertz CT molecular complexity index is 1190. The van der Waals surface area contributed by atoms with E-state index < -0.39 is 10.0 Å². The Balaban J connectivity index is 1.43. The van der Waals surface area contributed by atoms with E-state index in [-0.39, 0.29) is 22.6 Å². The summed E-state index contributed by atoms with van der Waals surface area (Å²) >= 11 is 5.91. The Morgan fingerprint density at radius 1 is 1.00 bits per heavy atom. The third kappa shape index (κ3) is 6.02. The van der Waals surface area contributed by atoms with Crippen LogP contribution in [0.5, 0.6) is 5.75 Å². The van der Waals surface area contributed by atoms with E-state index in [9.17, 15) is 18.0 Å². The first kappa shape index (κ1) is 26.4. The number of benzene rings is 2. The van der Waals surface area contributed by atoms with Crippen LogP contribution in [-0.4, -0.2) is 62.2 Å². The van der Waals surface area contributed by atoms with Crippen molar-refractivity contribution in [1.29, 1.82) is 0 Å². The highest BCUT2D eigenvalue weighted by molar-refractivity contribution is 7.89. The minimum atomic E-state index is -3.65. The van der Waals surface area contributed by atoms with Crippen molar-refractivity contribution in [2.45, 2.75) is 43.9 Å². The Kier molecular flexibility index (Phi) is 8.54. The second-order valence-electron chi connectivity index (χ2n) is 9.12. The minimum absolute atomic E-state index is 0.0835. The van der Waals surface area contributed by atoms with Gasteiger partial charge in [-0.2, -0.15) is 4.31 Å². The van der Waals surface area contributed by atoms with E-state index >= 15 is 0 Å². The van der Waals surface area contributed by atoms with Gasteiger partial charge in [-0.25, -0.2) is 8.42 Å². The summed E-state index contributed by atoms with van der Waals surface area (Å²) in [6.45, 7) is 4.14. The highest BCUT2D eigenvalue weighted by Crippen LogP contribution is 2.31. The van der Waals surface area contributed by atoms with Crippen LogP contribution in [0.2, 0.25) is 5.02 Å². The Morgan fingerprint density at radius 2 is 1.67 bits per heavy atom. The van der Waals surface area contributed by atoms with Crippen molar-refractivity contribution in [3.05, 3.63) is 53.1 Å². The molecule has 2 aliphatic heterocycles. The Morgan fingerprint density at radius 3 is 2.31 bits per heavy atom. The molecule has 1 N–H and O–H groups in total. The number of anilines is 1. The lowest BCUT2D eigenvalue weighted by atomic mass is 9.95. The number of piperidine rings is 2. The lowest BCUT2D eigenvalue weighted by Gasteiger charge is -2.31. The van der Waals surface area contributed by atoms with Crippen LogP contribution in [-0.2, 0) is 14.8 Å². The number of halogens is 1. The van der Waals surface area contributed by atoms with Crippen LogP contribution in [0.4, 0.5) is 5.69 Å². The van der Waals surface area contributed by atoms with Crippen molar-refractivity contribution >= 4 is 39.1 Å². The largest absolute Gasteiger partial charge is 0.492 e. The first-order valence-electron chi connectivity index (χ1n) is 12.4.